The summed E-state index contributed by atoms with van der Waals surface area (Å²) in [4.78, 5) is 12.3. The maximum Gasteiger partial charge on any atom is 0.261 e. The minimum atomic E-state index is -0.553. The predicted octanol–water partition coefficient (Wildman–Crippen LogP) is 4.15. The van der Waals surface area contributed by atoms with Crippen molar-refractivity contribution in [3.05, 3.63) is 46.1 Å². The predicted molar refractivity (Wildman–Crippen MR) is 74.7 cm³/mol. The Morgan fingerprint density at radius 3 is 2.80 bits per heavy atom. The van der Waals surface area contributed by atoms with Crippen LogP contribution in [0.25, 0.3) is 0 Å². The Labute approximate surface area is 120 Å². The molecule has 106 valence electrons. The zero-order chi connectivity index (χ0) is 14.9. The fourth-order valence-corrected chi connectivity index (χ4v) is 2.01. The van der Waals surface area contributed by atoms with Crippen LogP contribution in [0.1, 0.15) is 41.6 Å². The lowest BCUT2D eigenvalue weighted by molar-refractivity contribution is 0.102. The molecule has 0 saturated carbocycles. The van der Waals surface area contributed by atoms with Gasteiger partial charge in [-0.15, -0.1) is 0 Å². The second-order valence-corrected chi connectivity index (χ2v) is 5.18. The second-order valence-electron chi connectivity index (χ2n) is 4.74. The van der Waals surface area contributed by atoms with Crippen LogP contribution in [0.2, 0.25) is 5.02 Å². The van der Waals surface area contributed by atoms with Gasteiger partial charge in [0.25, 0.3) is 5.91 Å². The minimum absolute atomic E-state index is 0.00107. The van der Waals surface area contributed by atoms with Gasteiger partial charge in [-0.3, -0.25) is 4.79 Å². The van der Waals surface area contributed by atoms with Gasteiger partial charge in [0.15, 0.2) is 5.76 Å². The molecule has 0 fully saturated rings. The van der Waals surface area contributed by atoms with Gasteiger partial charge >= 0.3 is 0 Å². The van der Waals surface area contributed by atoms with E-state index < -0.39 is 11.7 Å². The van der Waals surface area contributed by atoms with Crippen LogP contribution >= 0.6 is 11.6 Å². The highest BCUT2D eigenvalue weighted by molar-refractivity contribution is 6.31. The highest BCUT2D eigenvalue weighted by Gasteiger charge is 2.23. The summed E-state index contributed by atoms with van der Waals surface area (Å²) in [5.74, 6) is -0.542. The van der Waals surface area contributed by atoms with Crippen LogP contribution in [0.5, 0.6) is 0 Å². The number of nitrogens with zero attached hydrogens (tertiary/aromatic N) is 1. The Morgan fingerprint density at radius 1 is 1.45 bits per heavy atom. The lowest BCUT2D eigenvalue weighted by Crippen LogP contribution is -2.15. The van der Waals surface area contributed by atoms with E-state index >= 15 is 0 Å². The molecule has 0 radical (unpaired) electrons. The first-order valence-electron chi connectivity index (χ1n) is 6.12. The van der Waals surface area contributed by atoms with Gasteiger partial charge in [-0.2, -0.15) is 0 Å². The number of anilines is 1. The Hall–Kier alpha value is -1.88. The molecular formula is C14H14ClFN2O2. The Kier molecular flexibility index (Phi) is 4.09. The molecule has 0 aliphatic rings. The molecule has 20 heavy (non-hydrogen) atoms. The molecule has 0 aliphatic heterocycles. The normalized spacial score (nSPS) is 10.9. The van der Waals surface area contributed by atoms with E-state index in [9.17, 15) is 9.18 Å². The van der Waals surface area contributed by atoms with E-state index in [-0.39, 0.29) is 11.6 Å². The minimum Gasteiger partial charge on any atom is -0.360 e. The Bertz CT molecular complexity index is 653. The molecule has 1 N–H and O–H groups in total. The van der Waals surface area contributed by atoms with Crippen molar-refractivity contribution in [1.82, 2.24) is 5.16 Å². The van der Waals surface area contributed by atoms with Crippen molar-refractivity contribution >= 4 is 23.2 Å². The number of rotatable bonds is 3. The first-order chi connectivity index (χ1) is 9.40. The van der Waals surface area contributed by atoms with Crippen LogP contribution in [0, 0.1) is 12.7 Å². The molecule has 0 atom stereocenters. The van der Waals surface area contributed by atoms with Gasteiger partial charge in [-0.05, 0) is 25.1 Å². The van der Waals surface area contributed by atoms with Gasteiger partial charge in [-0.1, -0.05) is 30.6 Å². The average molecular weight is 297 g/mol. The number of carbonyl (C=O) groups excluding carboxylic acids is 1. The van der Waals surface area contributed by atoms with Crippen molar-refractivity contribution in [3.63, 3.8) is 0 Å². The van der Waals surface area contributed by atoms with Gasteiger partial charge in [0.05, 0.1) is 11.4 Å². The molecule has 1 aromatic carbocycles. The number of aromatic nitrogens is 1. The molecule has 1 aromatic heterocycles. The molecule has 1 heterocycles. The SMILES string of the molecule is Cc1noc(C(C)C)c1C(=O)Nc1cc(Cl)ccc1F. The molecule has 0 spiro atoms. The number of hydrogen-bond acceptors (Lipinski definition) is 3. The van der Waals surface area contributed by atoms with Gasteiger partial charge < -0.3 is 9.84 Å². The Balaban J connectivity index is 2.33. The molecule has 1 amide bonds. The van der Waals surface area contributed by atoms with Gasteiger partial charge in [0.2, 0.25) is 0 Å². The molecule has 6 heteroatoms. The van der Waals surface area contributed by atoms with Crippen LogP contribution in [0.3, 0.4) is 0 Å². The highest BCUT2D eigenvalue weighted by Crippen LogP contribution is 2.25. The second kappa shape index (κ2) is 5.63. The van der Waals surface area contributed by atoms with Crippen LogP contribution in [-0.4, -0.2) is 11.1 Å². The fraction of sp³-hybridized carbons (Fsp3) is 0.286. The van der Waals surface area contributed by atoms with E-state index in [0.29, 0.717) is 22.0 Å². The first kappa shape index (κ1) is 14.5. The molecule has 0 bridgehead atoms. The van der Waals surface area contributed by atoms with E-state index in [0.717, 1.165) is 0 Å². The van der Waals surface area contributed by atoms with Crippen molar-refractivity contribution in [2.24, 2.45) is 0 Å². The quantitative estimate of drug-likeness (QED) is 0.925. The molecule has 2 aromatic rings. The lowest BCUT2D eigenvalue weighted by atomic mass is 10.0. The maximum atomic E-state index is 13.6. The van der Waals surface area contributed by atoms with E-state index in [1.165, 1.54) is 18.2 Å². The number of hydrogen-bond donors (Lipinski definition) is 1. The van der Waals surface area contributed by atoms with Gasteiger partial charge in [-0.25, -0.2) is 4.39 Å². The number of halogens is 2. The lowest BCUT2D eigenvalue weighted by Gasteiger charge is -2.08. The third-order valence-corrected chi connectivity index (χ3v) is 3.05. The molecule has 4 nitrogen and oxygen atoms in total. The standard InChI is InChI=1S/C14H14ClFN2O2/c1-7(2)13-12(8(3)18-20-13)14(19)17-11-6-9(15)4-5-10(11)16/h4-7H,1-3H3,(H,17,19). The number of aryl methyl sites for hydroxylation is 1. The van der Waals surface area contributed by atoms with Crippen molar-refractivity contribution in [2.45, 2.75) is 26.7 Å². The molecule has 0 aliphatic carbocycles. The number of benzene rings is 1. The van der Waals surface area contributed by atoms with E-state index in [4.69, 9.17) is 16.1 Å². The van der Waals surface area contributed by atoms with Crippen molar-refractivity contribution in [1.29, 1.82) is 0 Å². The van der Waals surface area contributed by atoms with E-state index in [2.05, 4.69) is 10.5 Å². The molecule has 0 unspecified atom stereocenters. The summed E-state index contributed by atoms with van der Waals surface area (Å²) in [5, 5.41) is 6.62. The third kappa shape index (κ3) is 2.82. The summed E-state index contributed by atoms with van der Waals surface area (Å²) in [7, 11) is 0. The van der Waals surface area contributed by atoms with Crippen molar-refractivity contribution in [2.75, 3.05) is 5.32 Å². The monoisotopic (exact) mass is 296 g/mol. The van der Waals surface area contributed by atoms with Gasteiger partial charge in [0, 0.05) is 10.9 Å². The van der Waals surface area contributed by atoms with Crippen LogP contribution < -0.4 is 5.32 Å². The summed E-state index contributed by atoms with van der Waals surface area (Å²) >= 11 is 5.79. The topological polar surface area (TPSA) is 55.1 Å². The summed E-state index contributed by atoms with van der Waals surface area (Å²) in [6.45, 7) is 5.44. The number of nitrogens with one attached hydrogen (secondary N) is 1. The van der Waals surface area contributed by atoms with Crippen LogP contribution in [0.4, 0.5) is 10.1 Å². The zero-order valence-electron chi connectivity index (χ0n) is 11.3. The van der Waals surface area contributed by atoms with Crippen LogP contribution in [0.15, 0.2) is 22.7 Å². The average Bonchev–Trinajstić information content (AvgIpc) is 2.76. The number of amides is 1. The summed E-state index contributed by atoms with van der Waals surface area (Å²) in [5.41, 5.74) is 0.825. The summed E-state index contributed by atoms with van der Waals surface area (Å²) in [6.07, 6.45) is 0. The smallest absolute Gasteiger partial charge is 0.261 e. The van der Waals surface area contributed by atoms with Crippen molar-refractivity contribution < 1.29 is 13.7 Å². The Morgan fingerprint density at radius 2 is 2.15 bits per heavy atom. The highest BCUT2D eigenvalue weighted by atomic mass is 35.5. The number of carbonyl (C=O) groups is 1. The van der Waals surface area contributed by atoms with Crippen molar-refractivity contribution in [3.8, 4) is 0 Å². The first-order valence-corrected chi connectivity index (χ1v) is 6.50. The summed E-state index contributed by atoms with van der Waals surface area (Å²) < 4.78 is 18.8. The van der Waals surface area contributed by atoms with E-state index in [1.54, 1.807) is 6.92 Å². The molecular weight excluding hydrogens is 283 g/mol. The largest absolute Gasteiger partial charge is 0.360 e. The molecule has 0 saturated heterocycles. The summed E-state index contributed by atoms with van der Waals surface area (Å²) in [6, 6.07) is 3.96. The van der Waals surface area contributed by atoms with Gasteiger partial charge in [0.1, 0.15) is 11.4 Å². The zero-order valence-corrected chi connectivity index (χ0v) is 12.1. The van der Waals surface area contributed by atoms with Crippen LogP contribution in [-0.2, 0) is 0 Å². The third-order valence-electron chi connectivity index (χ3n) is 2.82. The fourth-order valence-electron chi connectivity index (χ4n) is 1.84. The molecule has 2 rings (SSSR count). The maximum absolute atomic E-state index is 13.6. The van der Waals surface area contributed by atoms with E-state index in [1.807, 2.05) is 13.8 Å².